The van der Waals surface area contributed by atoms with Gasteiger partial charge in [0.2, 0.25) is 11.8 Å². The molecule has 0 saturated heterocycles. The molecule has 34 heavy (non-hydrogen) atoms. The molecule has 0 spiro atoms. The minimum atomic E-state index is -0.592. The zero-order chi connectivity index (χ0) is 24.5. The number of aryl methyl sites for hydroxylation is 2. The standard InChI is InChI=1S/C28H31BrN2O2S/c1-20-13-21(2)15-24(14-20)18-34-19-27(32)31(17-23-9-11-25(29)12-10-23)26(28(33)30-3)16-22-7-5-4-6-8-22/h4-15,26H,16-19H2,1-3H3,(H,30,33)/t26-/m0/s1. The Balaban J connectivity index is 1.80. The Labute approximate surface area is 215 Å². The summed E-state index contributed by atoms with van der Waals surface area (Å²) in [4.78, 5) is 28.2. The molecule has 0 aromatic heterocycles. The van der Waals surface area contributed by atoms with Crippen LogP contribution in [0.1, 0.15) is 27.8 Å². The third kappa shape index (κ3) is 7.74. The van der Waals surface area contributed by atoms with E-state index >= 15 is 0 Å². The van der Waals surface area contributed by atoms with E-state index in [4.69, 9.17) is 0 Å². The van der Waals surface area contributed by atoms with Crippen LogP contribution in [0.5, 0.6) is 0 Å². The molecule has 0 aliphatic rings. The van der Waals surface area contributed by atoms with Crippen LogP contribution in [-0.2, 0) is 28.3 Å². The Hall–Kier alpha value is -2.57. The maximum atomic E-state index is 13.5. The van der Waals surface area contributed by atoms with Gasteiger partial charge in [-0.3, -0.25) is 9.59 Å². The predicted molar refractivity (Wildman–Crippen MR) is 145 cm³/mol. The smallest absolute Gasteiger partial charge is 0.242 e. The monoisotopic (exact) mass is 538 g/mol. The number of carbonyl (C=O) groups is 2. The highest BCUT2D eigenvalue weighted by Gasteiger charge is 2.29. The quantitative estimate of drug-likeness (QED) is 0.361. The molecule has 0 radical (unpaired) electrons. The number of halogens is 1. The molecule has 3 aromatic rings. The normalized spacial score (nSPS) is 11.6. The van der Waals surface area contributed by atoms with Crippen LogP contribution in [0.2, 0.25) is 0 Å². The lowest BCUT2D eigenvalue weighted by Crippen LogP contribution is -2.50. The summed E-state index contributed by atoms with van der Waals surface area (Å²) >= 11 is 5.05. The first-order valence-electron chi connectivity index (χ1n) is 11.3. The number of carbonyl (C=O) groups excluding carboxylic acids is 2. The molecule has 6 heteroatoms. The molecule has 4 nitrogen and oxygen atoms in total. The molecule has 0 fully saturated rings. The second-order valence-corrected chi connectivity index (χ2v) is 10.4. The van der Waals surface area contributed by atoms with Gasteiger partial charge in [-0.05, 0) is 42.7 Å². The number of thioether (sulfide) groups is 1. The maximum absolute atomic E-state index is 13.5. The van der Waals surface area contributed by atoms with E-state index in [1.165, 1.54) is 16.7 Å². The number of rotatable bonds is 10. The predicted octanol–water partition coefficient (Wildman–Crippen LogP) is 5.69. The van der Waals surface area contributed by atoms with Gasteiger partial charge in [0.05, 0.1) is 5.75 Å². The first-order valence-corrected chi connectivity index (χ1v) is 13.2. The second-order valence-electron chi connectivity index (χ2n) is 8.46. The van der Waals surface area contributed by atoms with Crippen molar-refractivity contribution in [1.82, 2.24) is 10.2 Å². The van der Waals surface area contributed by atoms with E-state index in [1.54, 1.807) is 23.7 Å². The fraction of sp³-hybridized carbons (Fsp3) is 0.286. The van der Waals surface area contributed by atoms with Gasteiger partial charge in [0, 0.05) is 30.2 Å². The second kappa shape index (κ2) is 12.8. The van der Waals surface area contributed by atoms with Crippen molar-refractivity contribution in [3.8, 4) is 0 Å². The molecule has 1 N–H and O–H groups in total. The van der Waals surface area contributed by atoms with Crippen LogP contribution in [-0.4, -0.2) is 35.6 Å². The van der Waals surface area contributed by atoms with Gasteiger partial charge < -0.3 is 10.2 Å². The molecule has 2 amide bonds. The van der Waals surface area contributed by atoms with Crippen LogP contribution >= 0.6 is 27.7 Å². The number of nitrogens with one attached hydrogen (secondary N) is 1. The van der Waals surface area contributed by atoms with E-state index in [0.717, 1.165) is 21.4 Å². The van der Waals surface area contributed by atoms with Crippen molar-refractivity contribution >= 4 is 39.5 Å². The molecule has 0 saturated carbocycles. The maximum Gasteiger partial charge on any atom is 0.242 e. The van der Waals surface area contributed by atoms with Gasteiger partial charge in [0.25, 0.3) is 0 Å². The van der Waals surface area contributed by atoms with Crippen molar-refractivity contribution in [3.63, 3.8) is 0 Å². The van der Waals surface area contributed by atoms with Crippen LogP contribution in [0, 0.1) is 13.8 Å². The molecule has 3 aromatic carbocycles. The van der Waals surface area contributed by atoms with Gasteiger partial charge in [-0.2, -0.15) is 0 Å². The van der Waals surface area contributed by atoms with Crippen LogP contribution in [0.15, 0.2) is 77.3 Å². The summed E-state index contributed by atoms with van der Waals surface area (Å²) < 4.78 is 0.977. The van der Waals surface area contributed by atoms with Crippen LogP contribution in [0.3, 0.4) is 0 Å². The molecule has 0 bridgehead atoms. The summed E-state index contributed by atoms with van der Waals surface area (Å²) in [5.41, 5.74) is 5.66. The minimum absolute atomic E-state index is 0.0400. The zero-order valence-corrected chi connectivity index (χ0v) is 22.3. The van der Waals surface area contributed by atoms with E-state index in [-0.39, 0.29) is 11.8 Å². The summed E-state index contributed by atoms with van der Waals surface area (Å²) in [7, 11) is 1.62. The number of likely N-dealkylation sites (N-methyl/N-ethyl adjacent to an activating group) is 1. The van der Waals surface area contributed by atoms with Crippen LogP contribution in [0.4, 0.5) is 0 Å². The average Bonchev–Trinajstić information content (AvgIpc) is 2.82. The van der Waals surface area contributed by atoms with Gasteiger partial charge >= 0.3 is 0 Å². The Bertz CT molecular complexity index is 1080. The Morgan fingerprint density at radius 1 is 0.912 bits per heavy atom. The summed E-state index contributed by atoms with van der Waals surface area (Å²) in [6, 6.07) is 23.6. The van der Waals surface area contributed by atoms with Crippen LogP contribution < -0.4 is 5.32 Å². The molecule has 1 atom stereocenters. The van der Waals surface area contributed by atoms with Gasteiger partial charge in [-0.25, -0.2) is 0 Å². The zero-order valence-electron chi connectivity index (χ0n) is 19.9. The van der Waals surface area contributed by atoms with Crippen molar-refractivity contribution in [2.45, 2.75) is 38.6 Å². The number of nitrogens with zero attached hydrogens (tertiary/aromatic N) is 1. The largest absolute Gasteiger partial charge is 0.357 e. The Morgan fingerprint density at radius 2 is 1.56 bits per heavy atom. The SMILES string of the molecule is CNC(=O)[C@H](Cc1ccccc1)N(Cc1ccc(Br)cc1)C(=O)CSCc1cc(C)cc(C)c1. The molecule has 3 rings (SSSR count). The van der Waals surface area contributed by atoms with Crippen molar-refractivity contribution in [3.05, 3.63) is 105 Å². The lowest BCUT2D eigenvalue weighted by molar-refractivity contribution is -0.139. The van der Waals surface area contributed by atoms with E-state index in [9.17, 15) is 9.59 Å². The Kier molecular flexibility index (Phi) is 9.78. The summed E-state index contributed by atoms with van der Waals surface area (Å²) in [6.45, 7) is 4.55. The third-order valence-corrected chi connectivity index (χ3v) is 7.08. The van der Waals surface area contributed by atoms with Gasteiger partial charge in [-0.1, -0.05) is 87.7 Å². The van der Waals surface area contributed by atoms with Crippen molar-refractivity contribution in [1.29, 1.82) is 0 Å². The number of hydrogen-bond donors (Lipinski definition) is 1. The van der Waals surface area contributed by atoms with Crippen LogP contribution in [0.25, 0.3) is 0 Å². The third-order valence-electron chi connectivity index (χ3n) is 5.56. The lowest BCUT2D eigenvalue weighted by atomic mass is 10.0. The Morgan fingerprint density at radius 3 is 2.18 bits per heavy atom. The fourth-order valence-electron chi connectivity index (χ4n) is 4.00. The first kappa shape index (κ1) is 26.0. The summed E-state index contributed by atoms with van der Waals surface area (Å²) in [5, 5.41) is 2.76. The molecule has 0 aliphatic heterocycles. The summed E-state index contributed by atoms with van der Waals surface area (Å²) in [5.74, 6) is 0.866. The highest BCUT2D eigenvalue weighted by atomic mass is 79.9. The van der Waals surface area contributed by atoms with E-state index < -0.39 is 6.04 Å². The average molecular weight is 540 g/mol. The number of amides is 2. The van der Waals surface area contributed by atoms with Crippen molar-refractivity contribution in [2.75, 3.05) is 12.8 Å². The summed E-state index contributed by atoms with van der Waals surface area (Å²) in [6.07, 6.45) is 0.463. The van der Waals surface area contributed by atoms with Crippen molar-refractivity contribution < 1.29 is 9.59 Å². The van der Waals surface area contributed by atoms with Gasteiger partial charge in [0.15, 0.2) is 0 Å². The van der Waals surface area contributed by atoms with Gasteiger partial charge in [0.1, 0.15) is 6.04 Å². The van der Waals surface area contributed by atoms with E-state index in [1.807, 2.05) is 54.6 Å². The molecule has 178 valence electrons. The highest BCUT2D eigenvalue weighted by molar-refractivity contribution is 9.10. The van der Waals surface area contributed by atoms with Crippen molar-refractivity contribution in [2.24, 2.45) is 0 Å². The minimum Gasteiger partial charge on any atom is -0.357 e. The number of benzene rings is 3. The first-order chi connectivity index (χ1) is 16.4. The fourth-order valence-corrected chi connectivity index (χ4v) is 5.11. The molecular weight excluding hydrogens is 508 g/mol. The molecule has 0 unspecified atom stereocenters. The van der Waals surface area contributed by atoms with E-state index in [0.29, 0.717) is 18.7 Å². The molecule has 0 aliphatic carbocycles. The lowest BCUT2D eigenvalue weighted by Gasteiger charge is -2.31. The number of hydrogen-bond acceptors (Lipinski definition) is 3. The molecular formula is C28H31BrN2O2S. The van der Waals surface area contributed by atoms with E-state index in [2.05, 4.69) is 53.3 Å². The van der Waals surface area contributed by atoms with Gasteiger partial charge in [-0.15, -0.1) is 11.8 Å². The topological polar surface area (TPSA) is 49.4 Å². The highest BCUT2D eigenvalue weighted by Crippen LogP contribution is 2.20. The molecule has 0 heterocycles.